The van der Waals surface area contributed by atoms with Gasteiger partial charge in [0.2, 0.25) is 5.82 Å². The van der Waals surface area contributed by atoms with Gasteiger partial charge < -0.3 is 14.2 Å². The summed E-state index contributed by atoms with van der Waals surface area (Å²) in [5.41, 5.74) is 4.74. The maximum Gasteiger partial charge on any atom is 0.336 e. The van der Waals surface area contributed by atoms with Gasteiger partial charge in [0.25, 0.3) is 0 Å². The molecule has 5 aromatic carbocycles. The van der Waals surface area contributed by atoms with Crippen LogP contribution >= 0.6 is 0 Å². The maximum atomic E-state index is 13.2. The first kappa shape index (κ1) is 27.7. The number of carbonyl (C=O) groups is 1. The number of carboxylic acids is 1. The third-order valence-electron chi connectivity index (χ3n) is 6.93. The molecule has 6 rings (SSSR count). The van der Waals surface area contributed by atoms with E-state index in [1.807, 2.05) is 84.9 Å². The van der Waals surface area contributed by atoms with Crippen LogP contribution in [0.1, 0.15) is 21.5 Å². The van der Waals surface area contributed by atoms with E-state index in [0.717, 1.165) is 33.2 Å². The van der Waals surface area contributed by atoms with E-state index in [1.54, 1.807) is 24.3 Å². The van der Waals surface area contributed by atoms with Gasteiger partial charge in [0.1, 0.15) is 11.5 Å². The van der Waals surface area contributed by atoms with Gasteiger partial charge in [0, 0.05) is 22.8 Å². The van der Waals surface area contributed by atoms with Gasteiger partial charge in [0.05, 0.1) is 5.56 Å². The molecule has 0 spiro atoms. The van der Waals surface area contributed by atoms with E-state index in [2.05, 4.69) is 20.6 Å². The van der Waals surface area contributed by atoms with Gasteiger partial charge in [-0.3, -0.25) is 0 Å². The van der Waals surface area contributed by atoms with Crippen LogP contribution in [0.3, 0.4) is 0 Å². The molecule has 8 nitrogen and oxygen atoms in total. The summed E-state index contributed by atoms with van der Waals surface area (Å²) in [6, 6.07) is 33.5. The molecule has 0 saturated heterocycles. The van der Waals surface area contributed by atoms with Gasteiger partial charge in [0.15, 0.2) is 9.79 Å². The van der Waals surface area contributed by atoms with Gasteiger partial charge in [-0.1, -0.05) is 66.7 Å². The lowest BCUT2D eigenvalue weighted by Crippen LogP contribution is -2.07. The van der Waals surface area contributed by atoms with Crippen molar-refractivity contribution in [1.82, 2.24) is 20.6 Å². The number of tetrazole rings is 1. The highest BCUT2D eigenvalue weighted by Crippen LogP contribution is 2.29. The molecular weight excluding hydrogens is 569 g/mol. The Morgan fingerprint density at radius 2 is 1.40 bits per heavy atom. The van der Waals surface area contributed by atoms with E-state index in [9.17, 15) is 19.0 Å². The molecule has 10 heteroatoms. The number of benzene rings is 5. The molecule has 0 saturated carbocycles. The van der Waals surface area contributed by atoms with Gasteiger partial charge >= 0.3 is 5.97 Å². The van der Waals surface area contributed by atoms with Crippen LogP contribution in [0.15, 0.2) is 119 Å². The number of rotatable bonds is 9. The van der Waals surface area contributed by atoms with Crippen molar-refractivity contribution < 1.29 is 19.0 Å². The monoisotopic (exact) mass is 592 g/mol. The number of fused-ring (bicyclic) bond motifs is 1. The maximum absolute atomic E-state index is 13.2. The van der Waals surface area contributed by atoms with Crippen LogP contribution in [0.2, 0.25) is 0 Å². The normalized spacial score (nSPS) is 12.7. The second kappa shape index (κ2) is 12.2. The molecule has 0 amide bonds. The lowest BCUT2D eigenvalue weighted by molar-refractivity contribution is 0.0699. The highest BCUT2D eigenvalue weighted by Gasteiger charge is 2.18. The Labute approximate surface area is 247 Å². The molecule has 2 atom stereocenters. The molecular formula is C32H24N4O4S2. The van der Waals surface area contributed by atoms with Gasteiger partial charge in [-0.25, -0.2) is 4.79 Å². The van der Waals surface area contributed by atoms with E-state index < -0.39 is 28.3 Å². The fourth-order valence-electron chi connectivity index (χ4n) is 4.79. The fourth-order valence-corrected chi connectivity index (χ4v) is 7.08. The summed E-state index contributed by atoms with van der Waals surface area (Å²) < 4.78 is 26.3. The van der Waals surface area contributed by atoms with Crippen LogP contribution in [0.4, 0.5) is 0 Å². The van der Waals surface area contributed by atoms with Gasteiger partial charge in [-0.2, -0.15) is 5.21 Å². The number of aromatic nitrogens is 4. The molecule has 0 bridgehead atoms. The van der Waals surface area contributed by atoms with Crippen molar-refractivity contribution >= 4 is 39.1 Å². The Hall–Kier alpha value is -4.48. The average Bonchev–Trinajstić information content (AvgIpc) is 3.57. The van der Waals surface area contributed by atoms with Crippen molar-refractivity contribution in [1.29, 1.82) is 0 Å². The SMILES string of the molecule is O=C(O)c1ccc(C[S+]([O-])c2ccc(-c3ccc(C[S+]([O-])c4cccc(-c5nn[nH]n5)c4)cc3)cc2)c2ccccc12. The van der Waals surface area contributed by atoms with Crippen molar-refractivity contribution in [2.75, 3.05) is 0 Å². The zero-order valence-electron chi connectivity index (χ0n) is 22.1. The van der Waals surface area contributed by atoms with E-state index in [4.69, 9.17) is 0 Å². The highest BCUT2D eigenvalue weighted by molar-refractivity contribution is 7.91. The quantitative estimate of drug-likeness (QED) is 0.196. The molecule has 2 N–H and O–H groups in total. The van der Waals surface area contributed by atoms with Crippen molar-refractivity contribution in [2.45, 2.75) is 21.3 Å². The molecule has 0 aliphatic rings. The standard InChI is InChI=1S/C32H24N4O4S2/c37-32(38)30-17-14-25(28-6-1-2-7-29(28)30)20-42(40)26-15-12-23(13-16-26)22-10-8-21(9-11-22)19-41(39)27-5-3-4-24(18-27)31-33-35-36-34-31/h1-18H,19-20H2,(H,37,38)(H,33,34,35,36). The first-order valence-electron chi connectivity index (χ1n) is 13.0. The van der Waals surface area contributed by atoms with Gasteiger partial charge in [-0.15, -0.1) is 10.2 Å². The summed E-state index contributed by atoms with van der Waals surface area (Å²) in [6.07, 6.45) is 0. The first-order chi connectivity index (χ1) is 20.5. The van der Waals surface area contributed by atoms with Crippen LogP contribution in [0, 0.1) is 0 Å². The van der Waals surface area contributed by atoms with Crippen LogP contribution in [-0.4, -0.2) is 40.8 Å². The average molecular weight is 593 g/mol. The van der Waals surface area contributed by atoms with E-state index in [1.165, 1.54) is 0 Å². The molecule has 0 aliphatic heterocycles. The fraction of sp³-hybridized carbons (Fsp3) is 0.0625. The molecule has 0 radical (unpaired) electrons. The Morgan fingerprint density at radius 3 is 2.10 bits per heavy atom. The number of H-pyrrole nitrogens is 1. The molecule has 0 fully saturated rings. The largest absolute Gasteiger partial charge is 0.611 e. The molecule has 2 unspecified atom stereocenters. The summed E-state index contributed by atoms with van der Waals surface area (Å²) in [7, 11) is 0. The Bertz CT molecular complexity index is 1850. The van der Waals surface area contributed by atoms with Crippen molar-refractivity contribution in [3.63, 3.8) is 0 Å². The molecule has 42 heavy (non-hydrogen) atoms. The first-order valence-corrected chi connectivity index (χ1v) is 15.6. The zero-order chi connectivity index (χ0) is 29.1. The minimum Gasteiger partial charge on any atom is -0.611 e. The number of nitrogens with one attached hydrogen (secondary N) is 1. The minimum atomic E-state index is -1.31. The van der Waals surface area contributed by atoms with Crippen LogP contribution in [-0.2, 0) is 33.9 Å². The van der Waals surface area contributed by atoms with Crippen LogP contribution < -0.4 is 0 Å². The third-order valence-corrected chi connectivity index (χ3v) is 9.68. The van der Waals surface area contributed by atoms with Crippen LogP contribution in [0.5, 0.6) is 0 Å². The van der Waals surface area contributed by atoms with E-state index in [-0.39, 0.29) is 11.3 Å². The highest BCUT2D eigenvalue weighted by atomic mass is 32.2. The van der Waals surface area contributed by atoms with Crippen molar-refractivity contribution in [3.8, 4) is 22.5 Å². The Kier molecular flexibility index (Phi) is 8.02. The van der Waals surface area contributed by atoms with Gasteiger partial charge in [-0.05, 0) is 85.9 Å². The van der Waals surface area contributed by atoms with Crippen LogP contribution in [0.25, 0.3) is 33.3 Å². The second-order valence-electron chi connectivity index (χ2n) is 9.59. The summed E-state index contributed by atoms with van der Waals surface area (Å²) in [5.74, 6) is 0.123. The summed E-state index contributed by atoms with van der Waals surface area (Å²) in [4.78, 5) is 13.0. The topological polar surface area (TPSA) is 138 Å². The van der Waals surface area contributed by atoms with Crippen molar-refractivity contribution in [2.24, 2.45) is 0 Å². The Morgan fingerprint density at radius 1 is 0.714 bits per heavy atom. The lowest BCUT2D eigenvalue weighted by Gasteiger charge is -2.14. The summed E-state index contributed by atoms with van der Waals surface area (Å²) >= 11 is -2.55. The van der Waals surface area contributed by atoms with Crippen molar-refractivity contribution in [3.05, 3.63) is 126 Å². The minimum absolute atomic E-state index is 0.233. The number of aromatic carboxylic acids is 1. The molecule has 208 valence electrons. The number of aromatic amines is 1. The predicted molar refractivity (Wildman–Crippen MR) is 163 cm³/mol. The molecule has 6 aromatic rings. The summed E-state index contributed by atoms with van der Waals surface area (Å²) in [5, 5.41) is 24.9. The van der Waals surface area contributed by atoms with E-state index in [0.29, 0.717) is 26.8 Å². The molecule has 1 aromatic heterocycles. The smallest absolute Gasteiger partial charge is 0.336 e. The Balaban J connectivity index is 1.12. The van der Waals surface area contributed by atoms with E-state index >= 15 is 0 Å². The third kappa shape index (κ3) is 5.93. The number of hydrogen-bond acceptors (Lipinski definition) is 6. The number of nitrogens with zero attached hydrogens (tertiary/aromatic N) is 3. The number of carboxylic acid groups (broad SMARTS) is 1. The molecule has 1 heterocycles. The predicted octanol–water partition coefficient (Wildman–Crippen LogP) is 6.00. The summed E-state index contributed by atoms with van der Waals surface area (Å²) in [6.45, 7) is 0. The molecule has 0 aliphatic carbocycles. The lowest BCUT2D eigenvalue weighted by atomic mass is 10.0. The second-order valence-corrected chi connectivity index (χ2v) is 12.5. The zero-order valence-corrected chi connectivity index (χ0v) is 23.8. The number of hydrogen-bond donors (Lipinski definition) is 2.